The smallest absolute Gasteiger partial charge is 0.237 e. The van der Waals surface area contributed by atoms with E-state index in [-0.39, 0.29) is 16.9 Å². The van der Waals surface area contributed by atoms with E-state index in [1.165, 1.54) is 4.42 Å². The second-order valence-electron chi connectivity index (χ2n) is 5.58. The van der Waals surface area contributed by atoms with E-state index in [0.717, 1.165) is 0 Å². The summed E-state index contributed by atoms with van der Waals surface area (Å²) in [6.07, 6.45) is 0.480. The van der Waals surface area contributed by atoms with Gasteiger partial charge in [-0.3, -0.25) is 4.79 Å². The van der Waals surface area contributed by atoms with E-state index in [1.807, 2.05) is 41.5 Å². The minimum atomic E-state index is -0.302. The van der Waals surface area contributed by atoms with Gasteiger partial charge in [0.15, 0.2) is 0 Å². The number of rotatable bonds is 1. The number of hydrogen-bond acceptors (Lipinski definition) is 1. The summed E-state index contributed by atoms with van der Waals surface area (Å²) >= 11 is 5.90. The molecule has 0 fully saturated rings. The lowest BCUT2D eigenvalue weighted by Gasteiger charge is -2.31. The highest BCUT2D eigenvalue weighted by molar-refractivity contribution is 6.21. The van der Waals surface area contributed by atoms with Crippen molar-refractivity contribution in [2.45, 2.75) is 53.5 Å². The molecule has 2 nitrogen and oxygen atoms in total. The van der Waals surface area contributed by atoms with Crippen LogP contribution in [0.5, 0.6) is 0 Å². The minimum Gasteiger partial charge on any atom is -0.274 e. The predicted octanol–water partition coefficient (Wildman–Crippen LogP) is 3.20. The molecule has 0 aliphatic carbocycles. The Hall–Kier alpha value is -0.240. The maximum Gasteiger partial charge on any atom is 0.237 e. The van der Waals surface area contributed by atoms with Crippen LogP contribution in [0, 0.1) is 5.41 Å². The van der Waals surface area contributed by atoms with Crippen molar-refractivity contribution in [3.63, 3.8) is 0 Å². The quantitative estimate of drug-likeness (QED) is 0.602. The molecule has 0 aliphatic heterocycles. The molecule has 0 aromatic carbocycles. The Morgan fingerprint density at radius 1 is 1.15 bits per heavy atom. The van der Waals surface area contributed by atoms with Crippen molar-refractivity contribution in [3.05, 3.63) is 0 Å². The van der Waals surface area contributed by atoms with Crippen LogP contribution in [0.1, 0.15) is 48.0 Å². The van der Waals surface area contributed by atoms with Gasteiger partial charge in [0.25, 0.3) is 0 Å². The summed E-state index contributed by atoms with van der Waals surface area (Å²) in [7, 11) is 0. The van der Waals surface area contributed by atoms with Crippen molar-refractivity contribution in [2.75, 3.05) is 0 Å². The topological polar surface area (TPSA) is 20.3 Å². The van der Waals surface area contributed by atoms with Crippen LogP contribution in [0.15, 0.2) is 0 Å². The maximum absolute atomic E-state index is 11.6. The van der Waals surface area contributed by atoms with Gasteiger partial charge in [0, 0.05) is 18.2 Å². The molecule has 0 radical (unpaired) electrons. The molecule has 0 aromatic heterocycles. The third-order valence-electron chi connectivity index (χ3n) is 1.49. The Morgan fingerprint density at radius 2 is 1.54 bits per heavy atom. The third kappa shape index (κ3) is 5.14. The number of carbonyl (C=O) groups excluding carboxylic acids is 1. The lowest BCUT2D eigenvalue weighted by Crippen LogP contribution is -2.39. The summed E-state index contributed by atoms with van der Waals surface area (Å²) < 4.78 is 1.29. The van der Waals surface area contributed by atoms with Crippen LogP contribution < -0.4 is 0 Å². The molecular formula is C10H20ClNO. The molecule has 78 valence electrons. The van der Waals surface area contributed by atoms with Crippen molar-refractivity contribution in [3.8, 4) is 0 Å². The fourth-order valence-electron chi connectivity index (χ4n) is 0.897. The van der Waals surface area contributed by atoms with Gasteiger partial charge in [-0.2, -0.15) is 0 Å². The Morgan fingerprint density at radius 3 is 1.77 bits per heavy atom. The number of amides is 1. The normalized spacial score (nSPS) is 12.8. The van der Waals surface area contributed by atoms with Gasteiger partial charge < -0.3 is 0 Å². The van der Waals surface area contributed by atoms with Gasteiger partial charge in [-0.1, -0.05) is 20.8 Å². The minimum absolute atomic E-state index is 0.00449. The van der Waals surface area contributed by atoms with Crippen LogP contribution in [0.4, 0.5) is 0 Å². The molecule has 1 amide bonds. The molecule has 0 aliphatic rings. The number of hydrogen-bond donors (Lipinski definition) is 0. The summed E-state index contributed by atoms with van der Waals surface area (Å²) in [5, 5.41) is 0. The fourth-order valence-corrected chi connectivity index (χ4v) is 0.957. The summed E-state index contributed by atoms with van der Waals surface area (Å²) in [5.41, 5.74) is -0.306. The van der Waals surface area contributed by atoms with Gasteiger partial charge >= 0.3 is 0 Å². The molecule has 0 saturated carbocycles. The van der Waals surface area contributed by atoms with Crippen LogP contribution in [0.25, 0.3) is 0 Å². The lowest BCUT2D eigenvalue weighted by molar-refractivity contribution is -0.131. The monoisotopic (exact) mass is 205 g/mol. The Balaban J connectivity index is 4.30. The van der Waals surface area contributed by atoms with E-state index in [9.17, 15) is 4.79 Å². The van der Waals surface area contributed by atoms with Gasteiger partial charge in [0.05, 0.1) is 5.54 Å². The molecule has 0 saturated heterocycles. The zero-order valence-corrected chi connectivity index (χ0v) is 10.2. The maximum atomic E-state index is 11.6. The Bertz CT molecular complexity index is 188. The second kappa shape index (κ2) is 3.87. The number of carbonyl (C=O) groups is 1. The average Bonchev–Trinajstić information content (AvgIpc) is 1.79. The molecular weight excluding hydrogens is 186 g/mol. The summed E-state index contributed by atoms with van der Waals surface area (Å²) in [5.74, 6) is -0.0123. The van der Waals surface area contributed by atoms with Gasteiger partial charge in [0.1, 0.15) is 0 Å². The molecule has 0 bridgehead atoms. The van der Waals surface area contributed by atoms with Gasteiger partial charge in [-0.05, 0) is 26.2 Å². The Labute approximate surface area is 86.4 Å². The van der Waals surface area contributed by atoms with Crippen LogP contribution in [-0.4, -0.2) is 15.9 Å². The van der Waals surface area contributed by atoms with Crippen LogP contribution in [0.3, 0.4) is 0 Å². The van der Waals surface area contributed by atoms with E-state index in [0.29, 0.717) is 6.42 Å². The molecule has 0 unspecified atom stereocenters. The van der Waals surface area contributed by atoms with Crippen molar-refractivity contribution in [1.29, 1.82) is 0 Å². The van der Waals surface area contributed by atoms with E-state index >= 15 is 0 Å². The van der Waals surface area contributed by atoms with Crippen LogP contribution >= 0.6 is 11.8 Å². The SMILES string of the molecule is CC(C)(C)CC(=O)N(Cl)C(C)(C)C. The first-order valence-electron chi connectivity index (χ1n) is 4.53. The lowest BCUT2D eigenvalue weighted by atomic mass is 9.91. The van der Waals surface area contributed by atoms with E-state index < -0.39 is 0 Å². The Kier molecular flexibility index (Phi) is 3.80. The summed E-state index contributed by atoms with van der Waals surface area (Å²) in [6.45, 7) is 11.8. The zero-order chi connectivity index (χ0) is 10.9. The van der Waals surface area contributed by atoms with Gasteiger partial charge in [-0.15, -0.1) is 0 Å². The second-order valence-corrected chi connectivity index (χ2v) is 5.92. The molecule has 0 heterocycles. The number of nitrogens with zero attached hydrogens (tertiary/aromatic N) is 1. The van der Waals surface area contributed by atoms with E-state index in [2.05, 4.69) is 0 Å². The van der Waals surface area contributed by atoms with Gasteiger partial charge in [0.2, 0.25) is 5.91 Å². The van der Waals surface area contributed by atoms with Crippen molar-refractivity contribution in [2.24, 2.45) is 5.41 Å². The van der Waals surface area contributed by atoms with Crippen molar-refractivity contribution in [1.82, 2.24) is 4.42 Å². The molecule has 0 aromatic rings. The van der Waals surface area contributed by atoms with Crippen LogP contribution in [0.2, 0.25) is 0 Å². The van der Waals surface area contributed by atoms with E-state index in [1.54, 1.807) is 0 Å². The zero-order valence-electron chi connectivity index (χ0n) is 9.44. The fraction of sp³-hybridized carbons (Fsp3) is 0.900. The predicted molar refractivity (Wildman–Crippen MR) is 56.5 cm³/mol. The highest BCUT2D eigenvalue weighted by atomic mass is 35.5. The van der Waals surface area contributed by atoms with Crippen LogP contribution in [-0.2, 0) is 4.79 Å². The van der Waals surface area contributed by atoms with Gasteiger partial charge in [-0.25, -0.2) is 4.42 Å². The molecule has 0 rings (SSSR count). The number of halogens is 1. The van der Waals surface area contributed by atoms with Crippen molar-refractivity contribution >= 4 is 17.7 Å². The van der Waals surface area contributed by atoms with E-state index in [4.69, 9.17) is 11.8 Å². The standard InChI is InChI=1S/C10H20ClNO/c1-9(2,3)7-8(13)12(11)10(4,5)6/h7H2,1-6H3. The first-order valence-corrected chi connectivity index (χ1v) is 4.87. The largest absolute Gasteiger partial charge is 0.274 e. The van der Waals surface area contributed by atoms with Crippen molar-refractivity contribution < 1.29 is 4.79 Å². The first kappa shape index (κ1) is 12.8. The molecule has 13 heavy (non-hydrogen) atoms. The molecule has 0 N–H and O–H groups in total. The third-order valence-corrected chi connectivity index (χ3v) is 2.19. The summed E-state index contributed by atoms with van der Waals surface area (Å²) in [6, 6.07) is 0. The highest BCUT2D eigenvalue weighted by Gasteiger charge is 2.27. The summed E-state index contributed by atoms with van der Waals surface area (Å²) in [4.78, 5) is 11.6. The average molecular weight is 206 g/mol. The molecule has 3 heteroatoms. The molecule has 0 atom stereocenters. The highest BCUT2D eigenvalue weighted by Crippen LogP contribution is 2.24. The molecule has 0 spiro atoms. The first-order chi connectivity index (χ1) is 5.54.